The highest BCUT2D eigenvalue weighted by Crippen LogP contribution is 2.42. The third kappa shape index (κ3) is 4.37. The van der Waals surface area contributed by atoms with E-state index >= 15 is 0 Å². The quantitative estimate of drug-likeness (QED) is 0.787. The molecule has 3 rings (SSSR count). The first-order valence-corrected chi connectivity index (χ1v) is 9.26. The van der Waals surface area contributed by atoms with Crippen LogP contribution in [0.25, 0.3) is 0 Å². The molecule has 1 aliphatic rings. The number of hydrogen-bond donors (Lipinski definition) is 1. The Bertz CT molecular complexity index is 824. The molecule has 0 aliphatic carbocycles. The lowest BCUT2D eigenvalue weighted by Gasteiger charge is -2.36. The van der Waals surface area contributed by atoms with Gasteiger partial charge in [0.1, 0.15) is 11.5 Å². The number of rotatable bonds is 5. The molecule has 1 heterocycles. The number of alkyl halides is 3. The third-order valence-corrected chi connectivity index (χ3v) is 5.21. The number of nitrogens with zero attached hydrogens (tertiary/aromatic N) is 1. The van der Waals surface area contributed by atoms with Crippen LogP contribution in [0.4, 0.5) is 13.2 Å². The van der Waals surface area contributed by atoms with Gasteiger partial charge in [0.15, 0.2) is 0 Å². The molecule has 4 nitrogen and oxygen atoms in total. The molecule has 0 saturated carbocycles. The second kappa shape index (κ2) is 8.59. The molecule has 1 aliphatic heterocycles. The van der Waals surface area contributed by atoms with Crippen LogP contribution in [0.1, 0.15) is 22.7 Å². The Morgan fingerprint density at radius 3 is 2.32 bits per heavy atom. The van der Waals surface area contributed by atoms with Gasteiger partial charge < -0.3 is 14.8 Å². The van der Waals surface area contributed by atoms with Gasteiger partial charge in [-0.15, -0.1) is 0 Å². The minimum atomic E-state index is -4.45. The molecular formula is C20H22ClF3N2O2. The number of methoxy groups -OCH3 is 2. The Morgan fingerprint density at radius 2 is 1.71 bits per heavy atom. The molecule has 0 bridgehead atoms. The maximum Gasteiger partial charge on any atom is 0.416 e. The number of halogens is 4. The molecule has 8 heteroatoms. The van der Waals surface area contributed by atoms with Gasteiger partial charge >= 0.3 is 6.18 Å². The summed E-state index contributed by atoms with van der Waals surface area (Å²) in [6.45, 7) is 2.80. The summed E-state index contributed by atoms with van der Waals surface area (Å²) < 4.78 is 50.9. The van der Waals surface area contributed by atoms with Crippen molar-refractivity contribution in [3.8, 4) is 11.5 Å². The van der Waals surface area contributed by atoms with Crippen molar-refractivity contribution in [2.24, 2.45) is 0 Å². The zero-order valence-electron chi connectivity index (χ0n) is 15.6. The van der Waals surface area contributed by atoms with Crippen LogP contribution in [0.15, 0.2) is 36.4 Å². The summed E-state index contributed by atoms with van der Waals surface area (Å²) in [6, 6.07) is 8.25. The Morgan fingerprint density at radius 1 is 1.00 bits per heavy atom. The smallest absolute Gasteiger partial charge is 0.416 e. The first kappa shape index (κ1) is 20.8. The topological polar surface area (TPSA) is 33.7 Å². The average molecular weight is 415 g/mol. The summed E-state index contributed by atoms with van der Waals surface area (Å²) in [4.78, 5) is 2.11. The van der Waals surface area contributed by atoms with Gasteiger partial charge in [0.05, 0.1) is 25.8 Å². The van der Waals surface area contributed by atoms with Crippen molar-refractivity contribution in [1.82, 2.24) is 10.2 Å². The molecule has 0 aromatic heterocycles. The molecule has 0 amide bonds. The van der Waals surface area contributed by atoms with Crippen LogP contribution in [0.3, 0.4) is 0 Å². The highest BCUT2D eigenvalue weighted by molar-refractivity contribution is 6.31. The van der Waals surface area contributed by atoms with Crippen LogP contribution in [-0.2, 0) is 6.18 Å². The van der Waals surface area contributed by atoms with E-state index in [0.29, 0.717) is 35.7 Å². The Labute approximate surface area is 167 Å². The maximum atomic E-state index is 13.4. The van der Waals surface area contributed by atoms with Crippen molar-refractivity contribution in [3.63, 3.8) is 0 Å². The predicted octanol–water partition coefficient (Wildman–Crippen LogP) is 4.37. The van der Waals surface area contributed by atoms with E-state index in [2.05, 4.69) is 10.2 Å². The fraction of sp³-hybridized carbons (Fsp3) is 0.400. The van der Waals surface area contributed by atoms with E-state index in [1.54, 1.807) is 25.3 Å². The lowest BCUT2D eigenvalue weighted by Crippen LogP contribution is -2.45. The number of benzene rings is 2. The number of ether oxygens (including phenoxy) is 2. The van der Waals surface area contributed by atoms with Gasteiger partial charge in [-0.3, -0.25) is 4.90 Å². The SMILES string of the molecule is COc1ccc(OC)c(C(c2cc(C(F)(F)F)ccc2Cl)N2CCNCC2)c1. The Hall–Kier alpha value is -1.96. The lowest BCUT2D eigenvalue weighted by atomic mass is 9.93. The van der Waals surface area contributed by atoms with E-state index in [9.17, 15) is 13.2 Å². The van der Waals surface area contributed by atoms with Crippen molar-refractivity contribution in [1.29, 1.82) is 0 Å². The van der Waals surface area contributed by atoms with Crippen molar-refractivity contribution >= 4 is 11.6 Å². The van der Waals surface area contributed by atoms with Crippen molar-refractivity contribution < 1.29 is 22.6 Å². The second-order valence-corrected chi connectivity index (χ2v) is 6.94. The first-order valence-electron chi connectivity index (χ1n) is 8.88. The Kier molecular flexibility index (Phi) is 6.37. The molecule has 28 heavy (non-hydrogen) atoms. The maximum absolute atomic E-state index is 13.4. The van der Waals surface area contributed by atoms with Crippen LogP contribution < -0.4 is 14.8 Å². The molecule has 1 saturated heterocycles. The van der Waals surface area contributed by atoms with E-state index in [-0.39, 0.29) is 5.02 Å². The van der Waals surface area contributed by atoms with Crippen LogP contribution in [0, 0.1) is 0 Å². The van der Waals surface area contributed by atoms with Gasteiger partial charge in [-0.2, -0.15) is 13.2 Å². The molecule has 1 fully saturated rings. The fourth-order valence-corrected chi connectivity index (χ4v) is 3.70. The van der Waals surface area contributed by atoms with Gasteiger partial charge in [-0.05, 0) is 42.0 Å². The number of nitrogens with one attached hydrogen (secondary N) is 1. The van der Waals surface area contributed by atoms with Crippen molar-refractivity contribution in [3.05, 3.63) is 58.1 Å². The van der Waals surface area contributed by atoms with E-state index in [1.807, 2.05) is 0 Å². The zero-order chi connectivity index (χ0) is 20.3. The first-order chi connectivity index (χ1) is 13.3. The van der Waals surface area contributed by atoms with E-state index in [4.69, 9.17) is 21.1 Å². The van der Waals surface area contributed by atoms with Gasteiger partial charge in [0, 0.05) is 36.8 Å². The van der Waals surface area contributed by atoms with Crippen LogP contribution in [0.5, 0.6) is 11.5 Å². The normalized spacial score (nSPS) is 16.6. The average Bonchev–Trinajstić information content (AvgIpc) is 2.69. The molecule has 152 valence electrons. The van der Waals surface area contributed by atoms with Crippen molar-refractivity contribution in [2.75, 3.05) is 40.4 Å². The summed E-state index contributed by atoms with van der Waals surface area (Å²) >= 11 is 6.40. The summed E-state index contributed by atoms with van der Waals surface area (Å²) in [7, 11) is 3.08. The lowest BCUT2D eigenvalue weighted by molar-refractivity contribution is -0.137. The highest BCUT2D eigenvalue weighted by Gasteiger charge is 2.34. The predicted molar refractivity (Wildman–Crippen MR) is 102 cm³/mol. The second-order valence-electron chi connectivity index (χ2n) is 6.53. The van der Waals surface area contributed by atoms with Gasteiger partial charge in [0.2, 0.25) is 0 Å². The third-order valence-electron chi connectivity index (χ3n) is 4.87. The minimum absolute atomic E-state index is 0.279. The minimum Gasteiger partial charge on any atom is -0.497 e. The van der Waals surface area contributed by atoms with Gasteiger partial charge in [0.25, 0.3) is 0 Å². The monoisotopic (exact) mass is 414 g/mol. The van der Waals surface area contributed by atoms with Crippen LogP contribution in [0.2, 0.25) is 5.02 Å². The van der Waals surface area contributed by atoms with Crippen LogP contribution in [-0.4, -0.2) is 45.3 Å². The van der Waals surface area contributed by atoms with Crippen LogP contribution >= 0.6 is 11.6 Å². The molecular weight excluding hydrogens is 393 g/mol. The summed E-state index contributed by atoms with van der Waals surface area (Å²) in [5.41, 5.74) is 0.379. The zero-order valence-corrected chi connectivity index (χ0v) is 16.4. The molecule has 1 N–H and O–H groups in total. The molecule has 1 atom stereocenters. The summed E-state index contributed by atoms with van der Waals surface area (Å²) in [6.07, 6.45) is -4.45. The van der Waals surface area contributed by atoms with E-state index in [1.165, 1.54) is 13.2 Å². The molecule has 1 unspecified atom stereocenters. The van der Waals surface area contributed by atoms with Gasteiger partial charge in [-0.25, -0.2) is 0 Å². The number of hydrogen-bond acceptors (Lipinski definition) is 4. The number of piperazine rings is 1. The molecule has 2 aromatic rings. The molecule has 0 spiro atoms. The van der Waals surface area contributed by atoms with E-state index in [0.717, 1.165) is 25.2 Å². The molecule has 2 aromatic carbocycles. The summed E-state index contributed by atoms with van der Waals surface area (Å²) in [5, 5.41) is 3.54. The Balaban J connectivity index is 2.19. The molecule has 0 radical (unpaired) electrons. The highest BCUT2D eigenvalue weighted by atomic mass is 35.5. The van der Waals surface area contributed by atoms with Crippen molar-refractivity contribution in [2.45, 2.75) is 12.2 Å². The standard InChI is InChI=1S/C20H22ClF3N2O2/c1-27-14-4-6-18(28-2)16(12-14)19(26-9-7-25-8-10-26)15-11-13(20(22,23)24)3-5-17(15)21/h3-6,11-12,19,25H,7-10H2,1-2H3. The fourth-order valence-electron chi connectivity index (χ4n) is 3.48. The largest absolute Gasteiger partial charge is 0.497 e. The van der Waals surface area contributed by atoms with E-state index < -0.39 is 17.8 Å². The van der Waals surface area contributed by atoms with Gasteiger partial charge in [-0.1, -0.05) is 11.6 Å². The summed E-state index contributed by atoms with van der Waals surface area (Å²) in [5.74, 6) is 1.16.